The van der Waals surface area contributed by atoms with E-state index < -0.39 is 0 Å². The molecule has 8 nitrogen and oxygen atoms in total. The number of nitrogens with zero attached hydrogens (tertiary/aromatic N) is 3. The quantitative estimate of drug-likeness (QED) is 0.457. The Kier molecular flexibility index (Phi) is 5.88. The summed E-state index contributed by atoms with van der Waals surface area (Å²) in [6.07, 6.45) is 1.63. The van der Waals surface area contributed by atoms with Crippen LogP contribution in [0.1, 0.15) is 19.2 Å². The van der Waals surface area contributed by atoms with E-state index in [0.717, 1.165) is 17.3 Å². The summed E-state index contributed by atoms with van der Waals surface area (Å²) in [5.74, 6) is 1.94. The average Bonchev–Trinajstić information content (AvgIpc) is 3.39. The molecule has 0 radical (unpaired) electrons. The van der Waals surface area contributed by atoms with E-state index in [1.54, 1.807) is 32.4 Å². The van der Waals surface area contributed by atoms with Crippen molar-refractivity contribution in [3.63, 3.8) is 0 Å². The van der Waals surface area contributed by atoms with Gasteiger partial charge in [-0.15, -0.1) is 10.2 Å². The Morgan fingerprint density at radius 1 is 1.10 bits per heavy atom. The number of anilines is 1. The standard InChI is InChI=1S/C23H24N4O4/c1-4-7-22-25-26-23(31-22)19-12-15-8-5-6-9-18(15)27(19)14-21(28)24-17-11-10-16(29-2)13-20(17)30-3/h5-6,8-13H,4,7,14H2,1-3H3,(H,24,28). The van der Waals surface area contributed by atoms with Crippen LogP contribution >= 0.6 is 0 Å². The molecule has 160 valence electrons. The van der Waals surface area contributed by atoms with Crippen LogP contribution in [-0.2, 0) is 17.8 Å². The van der Waals surface area contributed by atoms with Crippen molar-refractivity contribution in [2.45, 2.75) is 26.3 Å². The van der Waals surface area contributed by atoms with Crippen molar-refractivity contribution in [2.75, 3.05) is 19.5 Å². The molecule has 1 N–H and O–H groups in total. The van der Waals surface area contributed by atoms with Gasteiger partial charge in [-0.3, -0.25) is 4.79 Å². The number of nitrogens with one attached hydrogen (secondary N) is 1. The van der Waals surface area contributed by atoms with E-state index in [1.165, 1.54) is 0 Å². The molecule has 0 unspecified atom stereocenters. The molecule has 0 saturated carbocycles. The highest BCUT2D eigenvalue weighted by Gasteiger charge is 2.19. The van der Waals surface area contributed by atoms with E-state index in [0.29, 0.717) is 41.1 Å². The third-order valence-corrected chi connectivity index (χ3v) is 4.94. The van der Waals surface area contributed by atoms with Crippen LogP contribution in [0.5, 0.6) is 11.5 Å². The van der Waals surface area contributed by atoms with Gasteiger partial charge in [0.1, 0.15) is 23.7 Å². The fourth-order valence-electron chi connectivity index (χ4n) is 3.47. The number of fused-ring (bicyclic) bond motifs is 1. The molecule has 31 heavy (non-hydrogen) atoms. The molecule has 0 spiro atoms. The van der Waals surface area contributed by atoms with E-state index in [-0.39, 0.29) is 12.5 Å². The van der Waals surface area contributed by atoms with Gasteiger partial charge in [0.2, 0.25) is 11.8 Å². The highest BCUT2D eigenvalue weighted by molar-refractivity contribution is 5.94. The second kappa shape index (κ2) is 8.91. The molecular weight excluding hydrogens is 396 g/mol. The van der Waals surface area contributed by atoms with Crippen molar-refractivity contribution in [1.29, 1.82) is 0 Å². The minimum atomic E-state index is -0.209. The first-order valence-corrected chi connectivity index (χ1v) is 10.1. The monoisotopic (exact) mass is 420 g/mol. The third kappa shape index (κ3) is 4.23. The molecular formula is C23H24N4O4. The molecule has 0 aliphatic heterocycles. The normalized spacial score (nSPS) is 10.9. The van der Waals surface area contributed by atoms with Gasteiger partial charge in [0.25, 0.3) is 5.89 Å². The van der Waals surface area contributed by atoms with Crippen molar-refractivity contribution in [3.8, 4) is 23.1 Å². The Hall–Kier alpha value is -3.81. The van der Waals surface area contributed by atoms with Crippen molar-refractivity contribution in [2.24, 2.45) is 0 Å². The number of hydrogen-bond acceptors (Lipinski definition) is 6. The Bertz CT molecular complexity index is 1210. The maximum Gasteiger partial charge on any atom is 0.264 e. The highest BCUT2D eigenvalue weighted by Crippen LogP contribution is 2.30. The Morgan fingerprint density at radius 2 is 1.94 bits per heavy atom. The number of aromatic nitrogens is 3. The van der Waals surface area contributed by atoms with Crippen LogP contribution in [0.4, 0.5) is 5.69 Å². The first-order valence-electron chi connectivity index (χ1n) is 10.1. The predicted molar refractivity (Wildman–Crippen MR) is 117 cm³/mol. The highest BCUT2D eigenvalue weighted by atomic mass is 16.5. The SMILES string of the molecule is CCCc1nnc(-c2cc3ccccc3n2CC(=O)Nc2ccc(OC)cc2OC)o1. The zero-order valence-corrected chi connectivity index (χ0v) is 17.7. The van der Waals surface area contributed by atoms with Crippen molar-refractivity contribution < 1.29 is 18.7 Å². The first kappa shape index (κ1) is 20.5. The van der Waals surface area contributed by atoms with E-state index >= 15 is 0 Å². The lowest BCUT2D eigenvalue weighted by molar-refractivity contribution is -0.116. The predicted octanol–water partition coefficient (Wildman–Crippen LogP) is 4.30. The molecule has 2 aromatic carbocycles. The van der Waals surface area contributed by atoms with E-state index in [4.69, 9.17) is 13.9 Å². The van der Waals surface area contributed by atoms with Crippen LogP contribution in [0.3, 0.4) is 0 Å². The van der Waals surface area contributed by atoms with Gasteiger partial charge in [-0.1, -0.05) is 25.1 Å². The summed E-state index contributed by atoms with van der Waals surface area (Å²) in [6, 6.07) is 15.0. The van der Waals surface area contributed by atoms with Gasteiger partial charge in [0, 0.05) is 23.4 Å². The Balaban J connectivity index is 1.65. The number of aryl methyl sites for hydroxylation is 1. The summed E-state index contributed by atoms with van der Waals surface area (Å²) in [7, 11) is 3.13. The van der Waals surface area contributed by atoms with Crippen molar-refractivity contribution >= 4 is 22.5 Å². The zero-order chi connectivity index (χ0) is 21.8. The number of hydrogen-bond donors (Lipinski definition) is 1. The summed E-state index contributed by atoms with van der Waals surface area (Å²) in [6.45, 7) is 2.13. The lowest BCUT2D eigenvalue weighted by Gasteiger charge is -2.13. The number of carbonyl (C=O) groups excluding carboxylic acids is 1. The lowest BCUT2D eigenvalue weighted by Crippen LogP contribution is -2.19. The molecule has 0 fully saturated rings. The van der Waals surface area contributed by atoms with Crippen LogP contribution in [0.25, 0.3) is 22.5 Å². The molecule has 0 bridgehead atoms. The van der Waals surface area contributed by atoms with Crippen LogP contribution in [0.15, 0.2) is 52.9 Å². The maximum atomic E-state index is 13.0. The van der Waals surface area contributed by atoms with E-state index in [2.05, 4.69) is 22.4 Å². The number of benzene rings is 2. The number of ether oxygens (including phenoxy) is 2. The molecule has 4 aromatic rings. The van der Waals surface area contributed by atoms with Gasteiger partial charge in [-0.05, 0) is 30.7 Å². The first-order chi connectivity index (χ1) is 15.1. The topological polar surface area (TPSA) is 91.4 Å². The van der Waals surface area contributed by atoms with Crippen LogP contribution in [-0.4, -0.2) is 34.9 Å². The maximum absolute atomic E-state index is 13.0. The molecule has 0 saturated heterocycles. The van der Waals surface area contributed by atoms with Crippen LogP contribution < -0.4 is 14.8 Å². The molecule has 4 rings (SSSR count). The van der Waals surface area contributed by atoms with Gasteiger partial charge in [-0.25, -0.2) is 0 Å². The van der Waals surface area contributed by atoms with Gasteiger partial charge >= 0.3 is 0 Å². The van der Waals surface area contributed by atoms with Gasteiger partial charge in [-0.2, -0.15) is 0 Å². The number of para-hydroxylation sites is 1. The molecule has 0 atom stereocenters. The average molecular weight is 420 g/mol. The second-order valence-corrected chi connectivity index (χ2v) is 7.04. The zero-order valence-electron chi connectivity index (χ0n) is 17.7. The van der Waals surface area contributed by atoms with Gasteiger partial charge in [0.15, 0.2) is 0 Å². The Labute approximate surface area is 179 Å². The molecule has 1 amide bonds. The minimum absolute atomic E-state index is 0.0729. The summed E-state index contributed by atoms with van der Waals surface area (Å²) < 4.78 is 18.3. The summed E-state index contributed by atoms with van der Waals surface area (Å²) in [5, 5.41) is 12.2. The molecule has 0 aliphatic carbocycles. The van der Waals surface area contributed by atoms with Gasteiger partial charge < -0.3 is 23.8 Å². The van der Waals surface area contributed by atoms with Crippen molar-refractivity contribution in [1.82, 2.24) is 14.8 Å². The molecule has 8 heteroatoms. The third-order valence-electron chi connectivity index (χ3n) is 4.94. The van der Waals surface area contributed by atoms with Gasteiger partial charge in [0.05, 0.1) is 19.9 Å². The Morgan fingerprint density at radius 3 is 2.71 bits per heavy atom. The smallest absolute Gasteiger partial charge is 0.264 e. The summed E-state index contributed by atoms with van der Waals surface area (Å²) in [4.78, 5) is 13.0. The second-order valence-electron chi connectivity index (χ2n) is 7.04. The van der Waals surface area contributed by atoms with Crippen LogP contribution in [0.2, 0.25) is 0 Å². The largest absolute Gasteiger partial charge is 0.497 e. The van der Waals surface area contributed by atoms with Crippen LogP contribution in [0, 0.1) is 0 Å². The molecule has 0 aliphatic rings. The number of carbonyl (C=O) groups is 1. The van der Waals surface area contributed by atoms with E-state index in [1.807, 2.05) is 34.9 Å². The molecule has 2 heterocycles. The van der Waals surface area contributed by atoms with E-state index in [9.17, 15) is 4.79 Å². The summed E-state index contributed by atoms with van der Waals surface area (Å²) >= 11 is 0. The molecule has 2 aromatic heterocycles. The fourth-order valence-corrected chi connectivity index (χ4v) is 3.47. The summed E-state index contributed by atoms with van der Waals surface area (Å²) in [5.41, 5.74) is 2.17. The minimum Gasteiger partial charge on any atom is -0.497 e. The van der Waals surface area contributed by atoms with Crippen molar-refractivity contribution in [3.05, 3.63) is 54.4 Å². The fraction of sp³-hybridized carbons (Fsp3) is 0.261. The lowest BCUT2D eigenvalue weighted by atomic mass is 10.2. The number of rotatable bonds is 8. The number of amides is 1. The number of methoxy groups -OCH3 is 2.